The predicted octanol–water partition coefficient (Wildman–Crippen LogP) is 3.23. The van der Waals surface area contributed by atoms with E-state index in [1.54, 1.807) is 0 Å². The minimum atomic E-state index is 0.133. The van der Waals surface area contributed by atoms with E-state index >= 15 is 0 Å². The standard InChI is InChI=1S/C17H27NO2/c1-13-7-9-15(10-8-13)17(18-3)14(2)20-12-16-6-4-5-11-19-16/h7-10,14,16-18H,4-6,11-12H2,1-3H3. The van der Waals surface area contributed by atoms with Crippen LogP contribution in [0, 0.1) is 6.92 Å². The zero-order chi connectivity index (χ0) is 14.4. The maximum atomic E-state index is 6.03. The Morgan fingerprint density at radius 3 is 2.65 bits per heavy atom. The van der Waals surface area contributed by atoms with Crippen LogP contribution in [-0.4, -0.2) is 32.5 Å². The maximum absolute atomic E-state index is 6.03. The van der Waals surface area contributed by atoms with E-state index in [0.717, 1.165) is 13.0 Å². The molecule has 1 aliphatic rings. The molecule has 0 aromatic heterocycles. The van der Waals surface area contributed by atoms with Crippen LogP contribution in [0.15, 0.2) is 24.3 Å². The molecule has 1 fully saturated rings. The molecule has 1 aromatic rings. The number of benzene rings is 1. The van der Waals surface area contributed by atoms with Crippen molar-refractivity contribution in [2.24, 2.45) is 0 Å². The highest BCUT2D eigenvalue weighted by atomic mass is 16.5. The lowest BCUT2D eigenvalue weighted by molar-refractivity contribution is -0.0660. The van der Waals surface area contributed by atoms with Gasteiger partial charge < -0.3 is 14.8 Å². The van der Waals surface area contributed by atoms with Gasteiger partial charge in [0.05, 0.1) is 24.9 Å². The van der Waals surface area contributed by atoms with Gasteiger partial charge in [0.25, 0.3) is 0 Å². The minimum Gasteiger partial charge on any atom is -0.376 e. The fourth-order valence-electron chi connectivity index (χ4n) is 2.74. The summed E-state index contributed by atoms with van der Waals surface area (Å²) in [6.45, 7) is 5.82. The predicted molar refractivity (Wildman–Crippen MR) is 82.0 cm³/mol. The Balaban J connectivity index is 1.87. The molecular formula is C17H27NO2. The van der Waals surface area contributed by atoms with Crippen LogP contribution >= 0.6 is 0 Å². The summed E-state index contributed by atoms with van der Waals surface area (Å²) in [5.74, 6) is 0. The van der Waals surface area contributed by atoms with Crippen molar-refractivity contribution in [3.8, 4) is 0 Å². The van der Waals surface area contributed by atoms with Gasteiger partial charge in [-0.1, -0.05) is 29.8 Å². The number of hydrogen-bond donors (Lipinski definition) is 1. The SMILES string of the molecule is CNC(c1ccc(C)cc1)C(C)OCC1CCCCO1. The molecule has 20 heavy (non-hydrogen) atoms. The molecule has 3 nitrogen and oxygen atoms in total. The fraction of sp³-hybridized carbons (Fsp3) is 0.647. The average Bonchev–Trinajstić information content (AvgIpc) is 2.49. The van der Waals surface area contributed by atoms with Crippen molar-refractivity contribution in [1.82, 2.24) is 5.32 Å². The molecule has 1 saturated heterocycles. The Labute approximate surface area is 122 Å². The Morgan fingerprint density at radius 1 is 1.30 bits per heavy atom. The van der Waals surface area contributed by atoms with Gasteiger partial charge in [0, 0.05) is 6.61 Å². The van der Waals surface area contributed by atoms with Crippen LogP contribution < -0.4 is 5.32 Å². The van der Waals surface area contributed by atoms with Crippen molar-refractivity contribution < 1.29 is 9.47 Å². The Bertz CT molecular complexity index is 384. The molecule has 3 atom stereocenters. The lowest BCUT2D eigenvalue weighted by atomic mass is 10.0. The third-order valence-corrected chi connectivity index (χ3v) is 4.04. The number of aryl methyl sites for hydroxylation is 1. The van der Waals surface area contributed by atoms with Crippen LogP contribution in [0.1, 0.15) is 43.4 Å². The van der Waals surface area contributed by atoms with E-state index in [4.69, 9.17) is 9.47 Å². The second-order valence-corrected chi connectivity index (χ2v) is 5.70. The normalized spacial score (nSPS) is 22.4. The van der Waals surface area contributed by atoms with Crippen LogP contribution in [0.3, 0.4) is 0 Å². The number of rotatable bonds is 6. The number of nitrogens with one attached hydrogen (secondary N) is 1. The molecule has 0 saturated carbocycles. The number of likely N-dealkylation sites (N-methyl/N-ethyl adjacent to an activating group) is 1. The number of ether oxygens (including phenoxy) is 2. The molecular weight excluding hydrogens is 250 g/mol. The van der Waals surface area contributed by atoms with Crippen molar-refractivity contribution in [2.75, 3.05) is 20.3 Å². The van der Waals surface area contributed by atoms with Gasteiger partial charge in [-0.05, 0) is 45.7 Å². The van der Waals surface area contributed by atoms with Crippen molar-refractivity contribution in [3.63, 3.8) is 0 Å². The van der Waals surface area contributed by atoms with E-state index in [9.17, 15) is 0 Å². The van der Waals surface area contributed by atoms with E-state index in [1.165, 1.54) is 24.0 Å². The Kier molecular flexibility index (Phi) is 6.02. The largest absolute Gasteiger partial charge is 0.376 e. The minimum absolute atomic E-state index is 0.133. The monoisotopic (exact) mass is 277 g/mol. The molecule has 3 heteroatoms. The fourth-order valence-corrected chi connectivity index (χ4v) is 2.74. The smallest absolute Gasteiger partial charge is 0.0808 e. The summed E-state index contributed by atoms with van der Waals surface area (Å²) in [5.41, 5.74) is 2.56. The van der Waals surface area contributed by atoms with Gasteiger partial charge in [0.15, 0.2) is 0 Å². The summed E-state index contributed by atoms with van der Waals surface area (Å²) in [6, 6.07) is 8.87. The second-order valence-electron chi connectivity index (χ2n) is 5.70. The van der Waals surface area contributed by atoms with Gasteiger partial charge in [0.2, 0.25) is 0 Å². The highest BCUT2D eigenvalue weighted by Crippen LogP contribution is 2.21. The lowest BCUT2D eigenvalue weighted by Gasteiger charge is -2.28. The molecule has 1 aliphatic heterocycles. The van der Waals surface area contributed by atoms with E-state index in [1.807, 2.05) is 7.05 Å². The van der Waals surface area contributed by atoms with Gasteiger partial charge in [-0.2, -0.15) is 0 Å². The molecule has 3 unspecified atom stereocenters. The molecule has 2 rings (SSSR count). The van der Waals surface area contributed by atoms with E-state index in [2.05, 4.69) is 43.4 Å². The van der Waals surface area contributed by atoms with Crippen molar-refractivity contribution in [3.05, 3.63) is 35.4 Å². The van der Waals surface area contributed by atoms with E-state index < -0.39 is 0 Å². The van der Waals surface area contributed by atoms with Crippen LogP contribution in [-0.2, 0) is 9.47 Å². The highest BCUT2D eigenvalue weighted by molar-refractivity contribution is 5.24. The molecule has 0 spiro atoms. The Hall–Kier alpha value is -0.900. The maximum Gasteiger partial charge on any atom is 0.0808 e. The summed E-state index contributed by atoms with van der Waals surface area (Å²) >= 11 is 0. The zero-order valence-corrected chi connectivity index (χ0v) is 12.9. The van der Waals surface area contributed by atoms with Gasteiger partial charge in [-0.15, -0.1) is 0 Å². The first-order valence-corrected chi connectivity index (χ1v) is 7.67. The first kappa shape index (κ1) is 15.5. The molecule has 0 amide bonds. The van der Waals surface area contributed by atoms with Crippen LogP contribution in [0.5, 0.6) is 0 Å². The molecule has 1 aromatic carbocycles. The summed E-state index contributed by atoms with van der Waals surface area (Å²) in [6.07, 6.45) is 3.99. The molecule has 0 radical (unpaired) electrons. The summed E-state index contributed by atoms with van der Waals surface area (Å²) in [5, 5.41) is 3.36. The first-order chi connectivity index (χ1) is 9.70. The molecule has 112 valence electrons. The summed E-state index contributed by atoms with van der Waals surface area (Å²) in [7, 11) is 1.99. The summed E-state index contributed by atoms with van der Waals surface area (Å²) in [4.78, 5) is 0. The average molecular weight is 277 g/mol. The van der Waals surface area contributed by atoms with E-state index in [0.29, 0.717) is 6.61 Å². The second kappa shape index (κ2) is 7.77. The quantitative estimate of drug-likeness (QED) is 0.866. The first-order valence-electron chi connectivity index (χ1n) is 7.67. The number of hydrogen-bond acceptors (Lipinski definition) is 3. The molecule has 1 N–H and O–H groups in total. The van der Waals surface area contributed by atoms with Gasteiger partial charge >= 0.3 is 0 Å². The van der Waals surface area contributed by atoms with Crippen molar-refractivity contribution >= 4 is 0 Å². The van der Waals surface area contributed by atoms with Crippen LogP contribution in [0.25, 0.3) is 0 Å². The molecule has 1 heterocycles. The third-order valence-electron chi connectivity index (χ3n) is 4.04. The summed E-state index contributed by atoms with van der Waals surface area (Å²) < 4.78 is 11.7. The van der Waals surface area contributed by atoms with Crippen LogP contribution in [0.4, 0.5) is 0 Å². The lowest BCUT2D eigenvalue weighted by Crippen LogP contribution is -2.33. The van der Waals surface area contributed by atoms with Crippen molar-refractivity contribution in [2.45, 2.75) is 51.4 Å². The van der Waals surface area contributed by atoms with Gasteiger partial charge in [-0.3, -0.25) is 0 Å². The Morgan fingerprint density at radius 2 is 2.05 bits per heavy atom. The molecule has 0 aliphatic carbocycles. The topological polar surface area (TPSA) is 30.5 Å². The van der Waals surface area contributed by atoms with Crippen LogP contribution in [0.2, 0.25) is 0 Å². The van der Waals surface area contributed by atoms with Gasteiger partial charge in [0.1, 0.15) is 0 Å². The van der Waals surface area contributed by atoms with E-state index in [-0.39, 0.29) is 18.2 Å². The highest BCUT2D eigenvalue weighted by Gasteiger charge is 2.21. The van der Waals surface area contributed by atoms with Gasteiger partial charge in [-0.25, -0.2) is 0 Å². The molecule has 0 bridgehead atoms. The zero-order valence-electron chi connectivity index (χ0n) is 12.9. The van der Waals surface area contributed by atoms with Crippen molar-refractivity contribution in [1.29, 1.82) is 0 Å². The third kappa shape index (κ3) is 4.30.